The molecule has 2 fully saturated rings. The van der Waals surface area contributed by atoms with Crippen LogP contribution in [-0.4, -0.2) is 97.7 Å². The molecule has 2 aromatic carbocycles. The van der Waals surface area contributed by atoms with E-state index in [0.717, 1.165) is 34.3 Å². The maximum Gasteiger partial charge on any atom is 0.262 e. The van der Waals surface area contributed by atoms with Gasteiger partial charge in [-0.1, -0.05) is 12.8 Å². The second-order valence-electron chi connectivity index (χ2n) is 14.6. The molecular formula is C40H45N7O9S. The van der Waals surface area contributed by atoms with Crippen molar-refractivity contribution in [3.05, 3.63) is 82.0 Å². The molecule has 4 aromatic rings. The first-order valence-electron chi connectivity index (χ1n) is 18.9. The molecule has 4 amide bonds. The molecule has 0 radical (unpaired) electrons. The van der Waals surface area contributed by atoms with E-state index in [9.17, 15) is 32.4 Å². The number of anilines is 1. The Labute approximate surface area is 329 Å². The molecule has 2 saturated heterocycles. The zero-order chi connectivity index (χ0) is 40.4. The van der Waals surface area contributed by atoms with Gasteiger partial charge < -0.3 is 24.7 Å². The van der Waals surface area contributed by atoms with Crippen molar-refractivity contribution in [2.45, 2.75) is 62.3 Å². The van der Waals surface area contributed by atoms with E-state index in [1.54, 1.807) is 64.1 Å². The van der Waals surface area contributed by atoms with Gasteiger partial charge in [0.25, 0.3) is 17.4 Å². The highest BCUT2D eigenvalue weighted by Gasteiger charge is 2.44. The summed E-state index contributed by atoms with van der Waals surface area (Å²) in [5, 5.41) is 9.22. The fourth-order valence-electron chi connectivity index (χ4n) is 7.65. The minimum Gasteiger partial charge on any atom is -0.496 e. The molecule has 300 valence electrons. The van der Waals surface area contributed by atoms with E-state index in [0.29, 0.717) is 67.0 Å². The van der Waals surface area contributed by atoms with Crippen LogP contribution in [0, 0.1) is 0 Å². The maximum absolute atomic E-state index is 13.4. The summed E-state index contributed by atoms with van der Waals surface area (Å²) >= 11 is 0. The molecule has 5 heterocycles. The number of nitrogens with zero attached hydrogens (tertiary/aromatic N) is 3. The molecule has 0 bridgehead atoms. The van der Waals surface area contributed by atoms with Crippen LogP contribution in [0.3, 0.4) is 0 Å². The quantitative estimate of drug-likeness (QED) is 0.0953. The van der Waals surface area contributed by atoms with Gasteiger partial charge in [0.1, 0.15) is 22.8 Å². The number of methoxy groups -OCH3 is 2. The Kier molecular flexibility index (Phi) is 11.4. The molecule has 2 aromatic heterocycles. The smallest absolute Gasteiger partial charge is 0.262 e. The van der Waals surface area contributed by atoms with E-state index in [4.69, 9.17) is 9.47 Å². The van der Waals surface area contributed by atoms with Gasteiger partial charge in [-0.25, -0.2) is 13.1 Å². The number of rotatable bonds is 16. The van der Waals surface area contributed by atoms with Gasteiger partial charge in [0.15, 0.2) is 0 Å². The zero-order valence-corrected chi connectivity index (χ0v) is 32.7. The molecule has 0 aliphatic carbocycles. The Hall–Kier alpha value is -5.65. The molecule has 3 aliphatic heterocycles. The second-order valence-corrected chi connectivity index (χ2v) is 16.6. The first-order valence-corrected chi connectivity index (χ1v) is 20.4. The summed E-state index contributed by atoms with van der Waals surface area (Å²) in [6.07, 6.45) is 8.14. The lowest BCUT2D eigenvalue weighted by molar-refractivity contribution is -0.136. The number of aryl methyl sites for hydroxylation is 1. The molecule has 7 rings (SSSR count). The Morgan fingerprint density at radius 2 is 1.65 bits per heavy atom. The molecular weight excluding hydrogens is 755 g/mol. The minimum atomic E-state index is -3.62. The first kappa shape index (κ1) is 39.6. The normalized spacial score (nSPS) is 17.7. The molecule has 3 aliphatic rings. The molecule has 16 nitrogen and oxygen atoms in total. The average molecular weight is 800 g/mol. The van der Waals surface area contributed by atoms with Gasteiger partial charge in [-0.2, -0.15) is 0 Å². The number of piperidine rings is 1. The van der Waals surface area contributed by atoms with Crippen molar-refractivity contribution < 1.29 is 37.1 Å². The highest BCUT2D eigenvalue weighted by atomic mass is 32.2. The van der Waals surface area contributed by atoms with Gasteiger partial charge in [0.2, 0.25) is 21.8 Å². The Morgan fingerprint density at radius 1 is 0.912 bits per heavy atom. The minimum absolute atomic E-state index is 0.0481. The lowest BCUT2D eigenvalue weighted by Crippen LogP contribution is -2.56. The van der Waals surface area contributed by atoms with Crippen LogP contribution in [0.2, 0.25) is 0 Å². The maximum atomic E-state index is 13.4. The van der Waals surface area contributed by atoms with Crippen LogP contribution < -0.4 is 35.7 Å². The van der Waals surface area contributed by atoms with Crippen LogP contribution in [0.4, 0.5) is 5.69 Å². The highest BCUT2D eigenvalue weighted by Crippen LogP contribution is 2.38. The molecule has 2 atom stereocenters. The van der Waals surface area contributed by atoms with Crippen molar-refractivity contribution in [3.8, 4) is 22.6 Å². The summed E-state index contributed by atoms with van der Waals surface area (Å²) in [5.41, 5.74) is 3.15. The molecule has 0 saturated carbocycles. The standard InChI is InChI=1S/C40H45N7O9S/c1-46-22-32(27-12-14-41-21-31(27)38(46)50)23-15-34(55-2)30(35(16-23)56-3)18-25(45-57(53,54)26-19-42-20-26)7-5-4-6-13-43-24-8-9-28-29(17-24)40(52)47(39(28)51)33-10-11-36(48)44-37(33)49/h8-9,12,14-17,21-22,25-26,33,42-43,45H,4-7,10-11,13,18-20H2,1-3H3,(H,44,48,49). The number of hydrogen-bond acceptors (Lipinski definition) is 12. The van der Waals surface area contributed by atoms with Crippen LogP contribution in [-0.2, 0) is 33.1 Å². The fourth-order valence-corrected chi connectivity index (χ4v) is 9.18. The predicted molar refractivity (Wildman–Crippen MR) is 212 cm³/mol. The lowest BCUT2D eigenvalue weighted by atomic mass is 9.95. The van der Waals surface area contributed by atoms with Gasteiger partial charge in [-0.05, 0) is 73.0 Å². The number of aromatic nitrogens is 2. The van der Waals surface area contributed by atoms with Crippen molar-refractivity contribution in [3.63, 3.8) is 0 Å². The number of hydrogen-bond donors (Lipinski definition) is 4. The Balaban J connectivity index is 1.02. The number of sulfonamides is 1. The molecule has 2 unspecified atom stereocenters. The number of amides is 4. The molecule has 0 spiro atoms. The molecule has 4 N–H and O–H groups in total. The number of nitrogens with one attached hydrogen (secondary N) is 4. The largest absolute Gasteiger partial charge is 0.496 e. The van der Waals surface area contributed by atoms with Gasteiger partial charge in [-0.3, -0.25) is 39.2 Å². The van der Waals surface area contributed by atoms with E-state index in [-0.39, 0.29) is 29.5 Å². The summed E-state index contributed by atoms with van der Waals surface area (Å²) < 4.78 is 43.0. The van der Waals surface area contributed by atoms with Gasteiger partial charge in [0.05, 0.1) is 30.7 Å². The zero-order valence-electron chi connectivity index (χ0n) is 31.9. The third-order valence-electron chi connectivity index (χ3n) is 10.9. The number of fused-ring (bicyclic) bond motifs is 2. The average Bonchev–Trinajstić information content (AvgIpc) is 3.41. The number of ether oxygens (including phenoxy) is 2. The number of carbonyl (C=O) groups excluding carboxylic acids is 4. The third kappa shape index (κ3) is 7.99. The topological polar surface area (TPSA) is 207 Å². The SMILES string of the molecule is COc1cc(-c2cn(C)c(=O)c3cnccc23)cc(OC)c1CC(CCCCCNc1ccc2c(c1)C(=O)N(C1CCC(=O)NC1=O)C2=O)NS(=O)(=O)C1CNC1. The summed E-state index contributed by atoms with van der Waals surface area (Å²) in [5.74, 6) is -1.17. The monoisotopic (exact) mass is 799 g/mol. The summed E-state index contributed by atoms with van der Waals surface area (Å²) in [6.45, 7) is 1.33. The van der Waals surface area contributed by atoms with E-state index < -0.39 is 51.0 Å². The van der Waals surface area contributed by atoms with Crippen molar-refractivity contribution in [2.75, 3.05) is 39.2 Å². The second kappa shape index (κ2) is 16.4. The number of pyridine rings is 2. The Morgan fingerprint density at radius 3 is 2.33 bits per heavy atom. The number of unbranched alkanes of at least 4 members (excludes halogenated alkanes) is 2. The summed E-state index contributed by atoms with van der Waals surface area (Å²) in [7, 11) is 1.18. The van der Waals surface area contributed by atoms with Crippen LogP contribution in [0.1, 0.15) is 64.8 Å². The number of carbonyl (C=O) groups is 4. The third-order valence-corrected chi connectivity index (χ3v) is 12.7. The van der Waals surface area contributed by atoms with E-state index >= 15 is 0 Å². The van der Waals surface area contributed by atoms with Crippen molar-refractivity contribution in [2.24, 2.45) is 7.05 Å². The van der Waals surface area contributed by atoms with Crippen molar-refractivity contribution in [1.82, 2.24) is 29.8 Å². The van der Waals surface area contributed by atoms with Crippen LogP contribution >= 0.6 is 0 Å². The van der Waals surface area contributed by atoms with E-state index in [1.165, 1.54) is 4.57 Å². The first-order chi connectivity index (χ1) is 27.4. The summed E-state index contributed by atoms with van der Waals surface area (Å²) in [6, 6.07) is 8.93. The van der Waals surface area contributed by atoms with Crippen LogP contribution in [0.5, 0.6) is 11.5 Å². The number of imide groups is 2. The van der Waals surface area contributed by atoms with Gasteiger partial charge in [-0.15, -0.1) is 0 Å². The molecule has 57 heavy (non-hydrogen) atoms. The van der Waals surface area contributed by atoms with Gasteiger partial charge in [0, 0.05) is 74.5 Å². The number of benzene rings is 2. The van der Waals surface area contributed by atoms with Crippen molar-refractivity contribution >= 4 is 50.1 Å². The fraction of sp³-hybridized carbons (Fsp3) is 0.400. The molecule has 17 heteroatoms. The highest BCUT2D eigenvalue weighted by molar-refractivity contribution is 7.90. The van der Waals surface area contributed by atoms with Crippen molar-refractivity contribution in [1.29, 1.82) is 0 Å². The van der Waals surface area contributed by atoms with Crippen LogP contribution in [0.15, 0.2) is 59.8 Å². The van der Waals surface area contributed by atoms with Gasteiger partial charge >= 0.3 is 0 Å². The lowest BCUT2D eigenvalue weighted by Gasteiger charge is -2.30. The van der Waals surface area contributed by atoms with E-state index in [1.807, 2.05) is 12.1 Å². The summed E-state index contributed by atoms with van der Waals surface area (Å²) in [4.78, 5) is 68.2. The van der Waals surface area contributed by atoms with Crippen LogP contribution in [0.25, 0.3) is 21.9 Å². The predicted octanol–water partition coefficient (Wildman–Crippen LogP) is 2.49. The Bertz CT molecular complexity index is 2400. The van der Waals surface area contributed by atoms with E-state index in [2.05, 4.69) is 25.7 Å².